The van der Waals surface area contributed by atoms with Crippen molar-refractivity contribution in [3.8, 4) is 5.75 Å². The predicted octanol–water partition coefficient (Wildman–Crippen LogP) is 1.14. The predicted molar refractivity (Wildman–Crippen MR) is 93.2 cm³/mol. The van der Waals surface area contributed by atoms with Crippen LogP contribution in [-0.4, -0.2) is 60.7 Å². The lowest BCUT2D eigenvalue weighted by atomic mass is 10.2. The van der Waals surface area contributed by atoms with E-state index in [1.165, 1.54) is 0 Å². The van der Waals surface area contributed by atoms with Crippen LogP contribution in [0.2, 0.25) is 0 Å². The molecule has 1 aromatic carbocycles. The van der Waals surface area contributed by atoms with Gasteiger partial charge in [0.25, 0.3) is 0 Å². The first kappa shape index (κ1) is 18.1. The summed E-state index contributed by atoms with van der Waals surface area (Å²) < 4.78 is 0. The Bertz CT molecular complexity index is 553. The maximum absolute atomic E-state index is 11.9. The van der Waals surface area contributed by atoms with Crippen LogP contribution in [0.5, 0.6) is 5.75 Å². The topological polar surface area (TPSA) is 84.9 Å². The number of piperazine rings is 1. The summed E-state index contributed by atoms with van der Waals surface area (Å²) >= 11 is 0. The third-order valence-electron chi connectivity index (χ3n) is 4.20. The molecule has 0 radical (unpaired) electrons. The summed E-state index contributed by atoms with van der Waals surface area (Å²) in [7, 11) is 0. The van der Waals surface area contributed by atoms with E-state index in [1.807, 2.05) is 30.9 Å². The van der Waals surface area contributed by atoms with Gasteiger partial charge in [0.15, 0.2) is 0 Å². The fraction of sp³-hybridized carbons (Fsp3) is 0.529. The van der Waals surface area contributed by atoms with Crippen molar-refractivity contribution >= 4 is 17.6 Å². The van der Waals surface area contributed by atoms with Crippen LogP contribution in [-0.2, 0) is 4.79 Å². The molecule has 1 heterocycles. The fourth-order valence-corrected chi connectivity index (χ4v) is 2.56. The van der Waals surface area contributed by atoms with E-state index in [1.54, 1.807) is 12.1 Å². The minimum Gasteiger partial charge on any atom is -0.508 e. The Morgan fingerprint density at radius 2 is 1.79 bits per heavy atom. The zero-order valence-corrected chi connectivity index (χ0v) is 14.3. The standard InChI is InChI=1S/C17H26N4O3/c1-3-13(2)18-17(24)19-16(23)12-20-8-10-21(11-9-20)14-4-6-15(22)7-5-14/h4-7,13,22H,3,8-12H2,1-2H3,(H2,18,19,23,24)/t13-/m1/s1. The molecule has 0 unspecified atom stereocenters. The lowest BCUT2D eigenvalue weighted by Crippen LogP contribution is -2.51. The Morgan fingerprint density at radius 1 is 1.17 bits per heavy atom. The molecule has 0 aromatic heterocycles. The van der Waals surface area contributed by atoms with E-state index in [9.17, 15) is 14.7 Å². The largest absolute Gasteiger partial charge is 0.508 e. The lowest BCUT2D eigenvalue weighted by molar-refractivity contribution is -0.121. The van der Waals surface area contributed by atoms with Gasteiger partial charge in [-0.3, -0.25) is 15.0 Å². The molecule has 24 heavy (non-hydrogen) atoms. The summed E-state index contributed by atoms with van der Waals surface area (Å²) in [6.45, 7) is 7.20. The molecule has 0 aliphatic carbocycles. The summed E-state index contributed by atoms with van der Waals surface area (Å²) in [5.41, 5.74) is 1.06. The molecular formula is C17H26N4O3. The second-order valence-corrected chi connectivity index (χ2v) is 6.11. The molecule has 1 aromatic rings. The van der Waals surface area contributed by atoms with E-state index < -0.39 is 6.03 Å². The third-order valence-corrected chi connectivity index (χ3v) is 4.20. The first-order valence-electron chi connectivity index (χ1n) is 8.34. The van der Waals surface area contributed by atoms with Gasteiger partial charge in [-0.25, -0.2) is 4.79 Å². The number of hydrogen-bond donors (Lipinski definition) is 3. The van der Waals surface area contributed by atoms with Crippen LogP contribution in [0.4, 0.5) is 10.5 Å². The number of phenols is 1. The number of nitrogens with zero attached hydrogens (tertiary/aromatic N) is 2. The van der Waals surface area contributed by atoms with Crippen LogP contribution in [0.1, 0.15) is 20.3 Å². The summed E-state index contributed by atoms with van der Waals surface area (Å²) in [4.78, 5) is 27.8. The first-order chi connectivity index (χ1) is 11.5. The summed E-state index contributed by atoms with van der Waals surface area (Å²) in [5.74, 6) is -0.0291. The lowest BCUT2D eigenvalue weighted by Gasteiger charge is -2.35. The van der Waals surface area contributed by atoms with E-state index >= 15 is 0 Å². The van der Waals surface area contributed by atoms with Crippen molar-refractivity contribution in [3.63, 3.8) is 0 Å². The molecule has 7 nitrogen and oxygen atoms in total. The maximum atomic E-state index is 11.9. The van der Waals surface area contributed by atoms with Gasteiger partial charge in [0, 0.05) is 37.9 Å². The molecule has 1 fully saturated rings. The van der Waals surface area contributed by atoms with Crippen molar-refractivity contribution in [1.82, 2.24) is 15.5 Å². The highest BCUT2D eigenvalue weighted by atomic mass is 16.3. The van der Waals surface area contributed by atoms with Gasteiger partial charge in [0.2, 0.25) is 5.91 Å². The van der Waals surface area contributed by atoms with E-state index in [-0.39, 0.29) is 24.2 Å². The molecule has 0 bridgehead atoms. The van der Waals surface area contributed by atoms with Crippen molar-refractivity contribution < 1.29 is 14.7 Å². The molecule has 7 heteroatoms. The Balaban J connectivity index is 1.73. The number of aromatic hydroxyl groups is 1. The third kappa shape index (κ3) is 5.42. The Kier molecular flexibility index (Phi) is 6.43. The number of urea groups is 1. The van der Waals surface area contributed by atoms with Crippen molar-refractivity contribution in [1.29, 1.82) is 0 Å². The molecule has 1 aliphatic heterocycles. The number of carbonyl (C=O) groups excluding carboxylic acids is 2. The number of benzene rings is 1. The van der Waals surface area contributed by atoms with Crippen LogP contribution >= 0.6 is 0 Å². The SMILES string of the molecule is CC[C@@H](C)NC(=O)NC(=O)CN1CCN(c2ccc(O)cc2)CC1. The highest BCUT2D eigenvalue weighted by Crippen LogP contribution is 2.19. The van der Waals surface area contributed by atoms with E-state index in [0.717, 1.165) is 38.3 Å². The Hall–Kier alpha value is -2.28. The normalized spacial score (nSPS) is 16.5. The van der Waals surface area contributed by atoms with Gasteiger partial charge in [-0.15, -0.1) is 0 Å². The van der Waals surface area contributed by atoms with Gasteiger partial charge in [-0.05, 0) is 37.6 Å². The average Bonchev–Trinajstić information content (AvgIpc) is 2.56. The first-order valence-corrected chi connectivity index (χ1v) is 8.34. The summed E-state index contributed by atoms with van der Waals surface area (Å²) in [5, 5.41) is 14.4. The monoisotopic (exact) mass is 334 g/mol. The zero-order valence-electron chi connectivity index (χ0n) is 14.3. The molecule has 1 atom stereocenters. The molecular weight excluding hydrogens is 308 g/mol. The number of imide groups is 1. The van der Waals surface area contributed by atoms with Crippen LogP contribution in [0.25, 0.3) is 0 Å². The number of nitrogens with one attached hydrogen (secondary N) is 2. The number of carbonyl (C=O) groups is 2. The molecule has 1 saturated heterocycles. The number of anilines is 1. The van der Waals surface area contributed by atoms with Crippen LogP contribution < -0.4 is 15.5 Å². The quantitative estimate of drug-likeness (QED) is 0.752. The van der Waals surface area contributed by atoms with Crippen molar-refractivity contribution in [2.75, 3.05) is 37.6 Å². The fourth-order valence-electron chi connectivity index (χ4n) is 2.56. The van der Waals surface area contributed by atoms with Crippen molar-refractivity contribution in [2.45, 2.75) is 26.3 Å². The molecule has 1 aliphatic rings. The van der Waals surface area contributed by atoms with Crippen molar-refractivity contribution in [2.24, 2.45) is 0 Å². The second kappa shape index (κ2) is 8.54. The molecule has 2 rings (SSSR count). The Morgan fingerprint density at radius 3 is 2.38 bits per heavy atom. The molecule has 3 N–H and O–H groups in total. The molecule has 132 valence electrons. The van der Waals surface area contributed by atoms with Crippen molar-refractivity contribution in [3.05, 3.63) is 24.3 Å². The second-order valence-electron chi connectivity index (χ2n) is 6.11. The van der Waals surface area contributed by atoms with Crippen LogP contribution in [0.3, 0.4) is 0 Å². The highest BCUT2D eigenvalue weighted by molar-refractivity contribution is 5.95. The van der Waals surface area contributed by atoms with Gasteiger partial charge < -0.3 is 15.3 Å². The van der Waals surface area contributed by atoms with Gasteiger partial charge in [0.1, 0.15) is 5.75 Å². The van der Waals surface area contributed by atoms with Crippen LogP contribution in [0.15, 0.2) is 24.3 Å². The minimum atomic E-state index is -0.433. The van der Waals surface area contributed by atoms with E-state index in [2.05, 4.69) is 15.5 Å². The molecule has 3 amide bonds. The molecule has 0 spiro atoms. The van der Waals surface area contributed by atoms with Gasteiger partial charge in [0.05, 0.1) is 6.54 Å². The molecule has 0 saturated carbocycles. The number of phenolic OH excluding ortho intramolecular Hbond substituents is 1. The van der Waals surface area contributed by atoms with Gasteiger partial charge in [-0.1, -0.05) is 6.92 Å². The minimum absolute atomic E-state index is 0.0478. The maximum Gasteiger partial charge on any atom is 0.321 e. The smallest absolute Gasteiger partial charge is 0.321 e. The summed E-state index contributed by atoms with van der Waals surface area (Å²) in [6, 6.07) is 6.73. The Labute approximate surface area is 142 Å². The number of hydrogen-bond acceptors (Lipinski definition) is 5. The van der Waals surface area contributed by atoms with Crippen LogP contribution in [0, 0.1) is 0 Å². The number of rotatable bonds is 5. The number of amides is 3. The van der Waals surface area contributed by atoms with E-state index in [0.29, 0.717) is 0 Å². The van der Waals surface area contributed by atoms with E-state index in [4.69, 9.17) is 0 Å². The summed E-state index contributed by atoms with van der Waals surface area (Å²) in [6.07, 6.45) is 0.820. The van der Waals surface area contributed by atoms with Gasteiger partial charge >= 0.3 is 6.03 Å². The highest BCUT2D eigenvalue weighted by Gasteiger charge is 2.20. The zero-order chi connectivity index (χ0) is 17.5. The average molecular weight is 334 g/mol. The van der Waals surface area contributed by atoms with Gasteiger partial charge in [-0.2, -0.15) is 0 Å².